The Morgan fingerprint density at radius 2 is 1.85 bits per heavy atom. The molecule has 0 fully saturated rings. The number of hydrogen-bond donors (Lipinski definition) is 2. The Morgan fingerprint density at radius 3 is 2.45 bits per heavy atom. The molecule has 0 aliphatic heterocycles. The van der Waals surface area contributed by atoms with E-state index >= 15 is 0 Å². The van der Waals surface area contributed by atoms with Crippen molar-refractivity contribution in [1.29, 1.82) is 0 Å². The van der Waals surface area contributed by atoms with E-state index in [0.717, 1.165) is 30.4 Å². The summed E-state index contributed by atoms with van der Waals surface area (Å²) in [5, 5.41) is 18.6. The Kier molecular flexibility index (Phi) is 4.45. The summed E-state index contributed by atoms with van der Waals surface area (Å²) in [4.78, 5) is 11.3. The number of phenols is 1. The minimum absolute atomic E-state index is 0.203. The van der Waals surface area contributed by atoms with E-state index in [1.807, 2.05) is 6.20 Å². The summed E-state index contributed by atoms with van der Waals surface area (Å²) in [6.07, 6.45) is 5.03. The molecule has 0 radical (unpaired) electrons. The number of benzene rings is 1. The van der Waals surface area contributed by atoms with Crippen LogP contribution < -0.4 is 0 Å². The zero-order valence-electron chi connectivity index (χ0n) is 11.5. The zero-order chi connectivity index (χ0) is 14.5. The fourth-order valence-electron chi connectivity index (χ4n) is 2.22. The van der Waals surface area contributed by atoms with Crippen LogP contribution in [-0.4, -0.2) is 20.7 Å². The lowest BCUT2D eigenvalue weighted by molar-refractivity contribution is 0.0685. The predicted molar refractivity (Wildman–Crippen MR) is 78.0 cm³/mol. The van der Waals surface area contributed by atoms with Gasteiger partial charge in [-0.2, -0.15) is 0 Å². The minimum Gasteiger partial charge on any atom is -0.508 e. The summed E-state index contributed by atoms with van der Waals surface area (Å²) in [7, 11) is 0. The Morgan fingerprint density at radius 1 is 1.15 bits per heavy atom. The van der Waals surface area contributed by atoms with E-state index in [9.17, 15) is 15.0 Å². The van der Waals surface area contributed by atoms with Crippen LogP contribution in [0, 0.1) is 0 Å². The highest BCUT2D eigenvalue weighted by molar-refractivity contribution is 5.88. The van der Waals surface area contributed by atoms with E-state index in [2.05, 4.69) is 6.92 Å². The van der Waals surface area contributed by atoms with Gasteiger partial charge in [-0.15, -0.1) is 0 Å². The Labute approximate surface area is 118 Å². The van der Waals surface area contributed by atoms with Gasteiger partial charge in [0.1, 0.15) is 11.4 Å². The van der Waals surface area contributed by atoms with Crippen molar-refractivity contribution in [2.75, 3.05) is 0 Å². The fraction of sp³-hybridized carbons (Fsp3) is 0.312. The fourth-order valence-corrected chi connectivity index (χ4v) is 2.22. The van der Waals surface area contributed by atoms with Crippen LogP contribution in [0.4, 0.5) is 0 Å². The molecule has 1 heterocycles. The molecule has 0 saturated carbocycles. The highest BCUT2D eigenvalue weighted by atomic mass is 16.4. The number of aromatic nitrogens is 1. The molecule has 0 amide bonds. The van der Waals surface area contributed by atoms with Crippen LogP contribution in [-0.2, 0) is 6.54 Å². The quantitative estimate of drug-likeness (QED) is 0.788. The number of carbonyl (C=O) groups is 1. The van der Waals surface area contributed by atoms with E-state index in [1.165, 1.54) is 0 Å². The van der Waals surface area contributed by atoms with Crippen molar-refractivity contribution in [2.45, 2.75) is 32.7 Å². The lowest BCUT2D eigenvalue weighted by Crippen LogP contribution is -2.07. The average Bonchev–Trinajstić information content (AvgIpc) is 2.84. The van der Waals surface area contributed by atoms with Crippen LogP contribution >= 0.6 is 0 Å². The van der Waals surface area contributed by atoms with Crippen LogP contribution in [0.3, 0.4) is 0 Å². The van der Waals surface area contributed by atoms with E-state index in [4.69, 9.17) is 0 Å². The molecular weight excluding hydrogens is 254 g/mol. The maximum Gasteiger partial charge on any atom is 0.352 e. The Balaban J connectivity index is 2.28. The second kappa shape index (κ2) is 6.28. The van der Waals surface area contributed by atoms with Crippen LogP contribution in [0.2, 0.25) is 0 Å². The van der Waals surface area contributed by atoms with Crippen LogP contribution in [0.25, 0.3) is 11.1 Å². The van der Waals surface area contributed by atoms with Gasteiger partial charge in [-0.05, 0) is 30.2 Å². The first kappa shape index (κ1) is 14.2. The number of carboxylic acid groups (broad SMARTS) is 1. The maximum atomic E-state index is 11.3. The molecule has 1 aromatic carbocycles. The van der Waals surface area contributed by atoms with Gasteiger partial charge in [-0.3, -0.25) is 0 Å². The van der Waals surface area contributed by atoms with Crippen molar-refractivity contribution in [3.63, 3.8) is 0 Å². The number of unbranched alkanes of at least 4 members (excludes halogenated alkanes) is 2. The van der Waals surface area contributed by atoms with Gasteiger partial charge in [0, 0.05) is 18.3 Å². The van der Waals surface area contributed by atoms with Gasteiger partial charge in [-0.25, -0.2) is 4.79 Å². The molecule has 106 valence electrons. The number of rotatable bonds is 6. The topological polar surface area (TPSA) is 62.5 Å². The second-order valence-corrected chi connectivity index (χ2v) is 4.87. The predicted octanol–water partition coefficient (Wildman–Crippen LogP) is 3.75. The Bertz CT molecular complexity index is 584. The van der Waals surface area contributed by atoms with Gasteiger partial charge in [0.25, 0.3) is 0 Å². The highest BCUT2D eigenvalue weighted by Crippen LogP contribution is 2.24. The van der Waals surface area contributed by atoms with Crippen molar-refractivity contribution < 1.29 is 15.0 Å². The molecule has 2 N–H and O–H groups in total. The van der Waals surface area contributed by atoms with Gasteiger partial charge < -0.3 is 14.8 Å². The van der Waals surface area contributed by atoms with Gasteiger partial charge in [0.05, 0.1) is 0 Å². The molecule has 0 aliphatic carbocycles. The molecule has 0 atom stereocenters. The molecule has 1 aromatic heterocycles. The van der Waals surface area contributed by atoms with Crippen molar-refractivity contribution in [1.82, 2.24) is 4.57 Å². The zero-order valence-corrected chi connectivity index (χ0v) is 11.5. The normalized spacial score (nSPS) is 10.7. The number of aryl methyl sites for hydroxylation is 1. The van der Waals surface area contributed by atoms with Crippen molar-refractivity contribution in [3.8, 4) is 16.9 Å². The molecule has 0 saturated heterocycles. The Hall–Kier alpha value is -2.23. The van der Waals surface area contributed by atoms with Crippen molar-refractivity contribution in [2.24, 2.45) is 0 Å². The van der Waals surface area contributed by atoms with E-state index < -0.39 is 5.97 Å². The average molecular weight is 273 g/mol. The van der Waals surface area contributed by atoms with E-state index in [0.29, 0.717) is 12.2 Å². The van der Waals surface area contributed by atoms with E-state index in [1.54, 1.807) is 34.9 Å². The number of aromatic hydroxyl groups is 1. The summed E-state index contributed by atoms with van der Waals surface area (Å²) < 4.78 is 1.79. The smallest absolute Gasteiger partial charge is 0.352 e. The third-order valence-electron chi connectivity index (χ3n) is 3.32. The van der Waals surface area contributed by atoms with Gasteiger partial charge in [0.2, 0.25) is 0 Å². The highest BCUT2D eigenvalue weighted by Gasteiger charge is 2.13. The first-order valence-electron chi connectivity index (χ1n) is 6.84. The lowest BCUT2D eigenvalue weighted by Gasteiger charge is -2.04. The molecule has 20 heavy (non-hydrogen) atoms. The first-order chi connectivity index (χ1) is 9.61. The third-order valence-corrected chi connectivity index (χ3v) is 3.32. The number of hydrogen-bond acceptors (Lipinski definition) is 2. The second-order valence-electron chi connectivity index (χ2n) is 4.87. The van der Waals surface area contributed by atoms with Crippen LogP contribution in [0.5, 0.6) is 5.75 Å². The van der Waals surface area contributed by atoms with Crippen LogP contribution in [0.1, 0.15) is 36.7 Å². The number of carboxylic acids is 1. The van der Waals surface area contributed by atoms with Gasteiger partial charge >= 0.3 is 5.97 Å². The number of phenolic OH excluding ortho intramolecular Hbond substituents is 1. The maximum absolute atomic E-state index is 11.3. The van der Waals surface area contributed by atoms with Crippen LogP contribution in [0.15, 0.2) is 36.5 Å². The SMILES string of the molecule is CCCCCn1cc(-c2ccc(O)cc2)cc1C(=O)O. The summed E-state index contributed by atoms with van der Waals surface area (Å²) in [5.41, 5.74) is 2.07. The van der Waals surface area contributed by atoms with E-state index in [-0.39, 0.29) is 5.75 Å². The standard InChI is InChI=1S/C16H19NO3/c1-2-3-4-9-17-11-13(10-15(17)16(19)20)12-5-7-14(18)8-6-12/h5-8,10-11,18H,2-4,9H2,1H3,(H,19,20). The van der Waals surface area contributed by atoms with Gasteiger partial charge in [0.15, 0.2) is 0 Å². The molecule has 0 aliphatic rings. The summed E-state index contributed by atoms with van der Waals surface area (Å²) in [5.74, 6) is -0.707. The monoisotopic (exact) mass is 273 g/mol. The van der Waals surface area contributed by atoms with Gasteiger partial charge in [-0.1, -0.05) is 31.9 Å². The lowest BCUT2D eigenvalue weighted by atomic mass is 10.1. The third kappa shape index (κ3) is 3.20. The largest absolute Gasteiger partial charge is 0.508 e. The number of aromatic carboxylic acids is 1. The summed E-state index contributed by atoms with van der Waals surface area (Å²) >= 11 is 0. The molecule has 4 nitrogen and oxygen atoms in total. The number of nitrogens with zero attached hydrogens (tertiary/aromatic N) is 1. The summed E-state index contributed by atoms with van der Waals surface area (Å²) in [6.45, 7) is 2.84. The molecule has 0 spiro atoms. The molecular formula is C16H19NO3. The first-order valence-corrected chi connectivity index (χ1v) is 6.84. The molecule has 4 heteroatoms. The molecule has 0 bridgehead atoms. The summed E-state index contributed by atoms with van der Waals surface area (Å²) in [6, 6.07) is 8.45. The van der Waals surface area contributed by atoms with Crippen molar-refractivity contribution in [3.05, 3.63) is 42.2 Å². The molecule has 2 rings (SSSR count). The molecule has 2 aromatic rings. The van der Waals surface area contributed by atoms with Crippen molar-refractivity contribution >= 4 is 5.97 Å². The minimum atomic E-state index is -0.911. The molecule has 0 unspecified atom stereocenters.